The summed E-state index contributed by atoms with van der Waals surface area (Å²) >= 11 is 0. The fourth-order valence-corrected chi connectivity index (χ4v) is 2.69. The predicted molar refractivity (Wildman–Crippen MR) is 79.0 cm³/mol. The quantitative estimate of drug-likeness (QED) is 0.776. The Hall–Kier alpha value is -2.49. The zero-order valence-corrected chi connectivity index (χ0v) is 11.7. The van der Waals surface area contributed by atoms with Gasteiger partial charge in [0.1, 0.15) is 5.69 Å². The highest BCUT2D eigenvalue weighted by Crippen LogP contribution is 2.31. The van der Waals surface area contributed by atoms with Gasteiger partial charge >= 0.3 is 5.97 Å². The van der Waals surface area contributed by atoms with Crippen molar-refractivity contribution in [3.8, 4) is 11.3 Å². The summed E-state index contributed by atoms with van der Waals surface area (Å²) in [5.74, 6) is -0.908. The van der Waals surface area contributed by atoms with Crippen LogP contribution in [0.5, 0.6) is 0 Å². The zero-order chi connectivity index (χ0) is 14.4. The minimum absolute atomic E-state index is 0.295. The van der Waals surface area contributed by atoms with E-state index in [2.05, 4.69) is 29.7 Å². The highest BCUT2D eigenvalue weighted by Gasteiger charge is 2.15. The molecule has 0 fully saturated rings. The fourth-order valence-electron chi connectivity index (χ4n) is 2.69. The highest BCUT2D eigenvalue weighted by molar-refractivity contribution is 5.97. The molecule has 1 N–H and O–H groups in total. The first-order chi connectivity index (χ1) is 9.49. The number of rotatable bonds is 2. The molecule has 0 radical (unpaired) electrons. The van der Waals surface area contributed by atoms with Gasteiger partial charge in [-0.1, -0.05) is 12.1 Å². The number of nitrogens with zero attached hydrogens (tertiary/aromatic N) is 2. The number of hydrogen-bond donors (Lipinski definition) is 1. The molecule has 1 aromatic carbocycles. The lowest BCUT2D eigenvalue weighted by atomic mass is 10.1. The van der Waals surface area contributed by atoms with Gasteiger partial charge in [-0.15, -0.1) is 0 Å². The first-order valence-corrected chi connectivity index (χ1v) is 6.44. The molecule has 4 heteroatoms. The number of aromatic carboxylic acids is 1. The maximum absolute atomic E-state index is 11.2. The van der Waals surface area contributed by atoms with Crippen LogP contribution in [-0.2, 0) is 14.1 Å². The van der Waals surface area contributed by atoms with Crippen molar-refractivity contribution >= 4 is 16.9 Å². The van der Waals surface area contributed by atoms with Crippen molar-refractivity contribution in [3.63, 3.8) is 0 Å². The molecule has 2 aromatic heterocycles. The Kier molecular flexibility index (Phi) is 2.67. The van der Waals surface area contributed by atoms with Crippen molar-refractivity contribution in [2.45, 2.75) is 6.92 Å². The molecule has 0 spiro atoms. The molecule has 4 nitrogen and oxygen atoms in total. The van der Waals surface area contributed by atoms with Crippen LogP contribution in [0.25, 0.3) is 22.2 Å². The number of carboxylic acids is 1. The van der Waals surface area contributed by atoms with E-state index in [4.69, 9.17) is 5.11 Å². The molecule has 0 aliphatic rings. The van der Waals surface area contributed by atoms with Crippen molar-refractivity contribution in [3.05, 3.63) is 47.8 Å². The van der Waals surface area contributed by atoms with Crippen molar-refractivity contribution in [1.29, 1.82) is 0 Å². The van der Waals surface area contributed by atoms with Gasteiger partial charge in [0.25, 0.3) is 0 Å². The Morgan fingerprint density at radius 2 is 1.90 bits per heavy atom. The number of carbonyl (C=O) groups is 1. The second kappa shape index (κ2) is 4.27. The van der Waals surface area contributed by atoms with Gasteiger partial charge in [-0.2, -0.15) is 0 Å². The summed E-state index contributed by atoms with van der Waals surface area (Å²) in [5, 5.41) is 10.3. The van der Waals surface area contributed by atoms with Crippen molar-refractivity contribution in [2.75, 3.05) is 0 Å². The lowest BCUT2D eigenvalue weighted by Crippen LogP contribution is -2.04. The number of aryl methyl sites for hydroxylation is 2. The van der Waals surface area contributed by atoms with Crippen LogP contribution < -0.4 is 0 Å². The van der Waals surface area contributed by atoms with Crippen molar-refractivity contribution in [2.24, 2.45) is 14.1 Å². The molecule has 0 atom stereocenters. The van der Waals surface area contributed by atoms with Gasteiger partial charge in [0.2, 0.25) is 0 Å². The normalized spacial score (nSPS) is 11.2. The average Bonchev–Trinajstić information content (AvgIpc) is 2.91. The molecule has 3 aromatic rings. The van der Waals surface area contributed by atoms with E-state index in [0.29, 0.717) is 5.69 Å². The largest absolute Gasteiger partial charge is 0.477 e. The van der Waals surface area contributed by atoms with Gasteiger partial charge in [-0.25, -0.2) is 4.79 Å². The van der Waals surface area contributed by atoms with E-state index in [-0.39, 0.29) is 0 Å². The van der Waals surface area contributed by atoms with E-state index in [1.165, 1.54) is 5.56 Å². The number of fused-ring (bicyclic) bond motifs is 1. The van der Waals surface area contributed by atoms with Gasteiger partial charge in [0.15, 0.2) is 0 Å². The summed E-state index contributed by atoms with van der Waals surface area (Å²) in [4.78, 5) is 11.2. The van der Waals surface area contributed by atoms with Crippen LogP contribution in [0.15, 0.2) is 36.5 Å². The van der Waals surface area contributed by atoms with Crippen LogP contribution in [-0.4, -0.2) is 20.2 Å². The topological polar surface area (TPSA) is 47.2 Å². The molecule has 0 bridgehead atoms. The number of carboxylic acid groups (broad SMARTS) is 1. The molecule has 0 aliphatic heterocycles. The van der Waals surface area contributed by atoms with Crippen LogP contribution >= 0.6 is 0 Å². The average molecular weight is 268 g/mol. The fraction of sp³-hybridized carbons (Fsp3) is 0.188. The number of aromatic nitrogens is 2. The van der Waals surface area contributed by atoms with Crippen LogP contribution in [0.4, 0.5) is 0 Å². The third kappa shape index (κ3) is 1.72. The summed E-state index contributed by atoms with van der Waals surface area (Å²) in [6.07, 6.45) is 2.05. The third-order valence-electron chi connectivity index (χ3n) is 3.76. The first kappa shape index (κ1) is 12.5. The first-order valence-electron chi connectivity index (χ1n) is 6.44. The molecule has 0 saturated carbocycles. The summed E-state index contributed by atoms with van der Waals surface area (Å²) in [6, 6.07) is 9.81. The standard InChI is InChI=1S/C16H16N2O2/c1-10-4-5-11-12(9-17(2)15(11)8-10)13-6-7-14(16(19)20)18(13)3/h4-9H,1-3H3,(H,19,20). The minimum Gasteiger partial charge on any atom is -0.477 e. The van der Waals surface area contributed by atoms with Crippen LogP contribution in [0, 0.1) is 6.92 Å². The van der Waals surface area contributed by atoms with E-state index in [0.717, 1.165) is 22.2 Å². The van der Waals surface area contributed by atoms with E-state index >= 15 is 0 Å². The molecular formula is C16H16N2O2. The summed E-state index contributed by atoms with van der Waals surface area (Å²) < 4.78 is 3.79. The molecular weight excluding hydrogens is 252 g/mol. The lowest BCUT2D eigenvalue weighted by molar-refractivity contribution is 0.0687. The molecule has 0 aliphatic carbocycles. The molecule has 0 amide bonds. The molecule has 2 heterocycles. The maximum atomic E-state index is 11.2. The van der Waals surface area contributed by atoms with E-state index in [1.54, 1.807) is 17.7 Å². The molecule has 102 valence electrons. The monoisotopic (exact) mass is 268 g/mol. The third-order valence-corrected chi connectivity index (χ3v) is 3.76. The van der Waals surface area contributed by atoms with Gasteiger partial charge in [0.05, 0.1) is 5.69 Å². The molecule has 0 saturated heterocycles. The van der Waals surface area contributed by atoms with E-state index in [1.807, 2.05) is 19.3 Å². The Labute approximate surface area is 116 Å². The zero-order valence-electron chi connectivity index (χ0n) is 11.7. The van der Waals surface area contributed by atoms with E-state index < -0.39 is 5.97 Å². The van der Waals surface area contributed by atoms with Crippen LogP contribution in [0.3, 0.4) is 0 Å². The van der Waals surface area contributed by atoms with Gasteiger partial charge < -0.3 is 14.2 Å². The maximum Gasteiger partial charge on any atom is 0.352 e. The lowest BCUT2D eigenvalue weighted by Gasteiger charge is -2.04. The SMILES string of the molecule is Cc1ccc2c(-c3ccc(C(=O)O)n3C)cn(C)c2c1. The molecule has 20 heavy (non-hydrogen) atoms. The van der Waals surface area contributed by atoms with Gasteiger partial charge in [-0.05, 0) is 30.7 Å². The molecule has 3 rings (SSSR count). The minimum atomic E-state index is -0.908. The Balaban J connectivity index is 2.28. The Morgan fingerprint density at radius 1 is 1.15 bits per heavy atom. The van der Waals surface area contributed by atoms with Gasteiger partial charge in [-0.3, -0.25) is 0 Å². The highest BCUT2D eigenvalue weighted by atomic mass is 16.4. The van der Waals surface area contributed by atoms with Gasteiger partial charge in [0, 0.05) is 36.8 Å². The number of hydrogen-bond acceptors (Lipinski definition) is 1. The summed E-state index contributed by atoms with van der Waals surface area (Å²) in [7, 11) is 3.79. The Morgan fingerprint density at radius 3 is 2.55 bits per heavy atom. The molecule has 0 unspecified atom stereocenters. The van der Waals surface area contributed by atoms with Crippen LogP contribution in [0.1, 0.15) is 16.1 Å². The smallest absolute Gasteiger partial charge is 0.352 e. The van der Waals surface area contributed by atoms with E-state index in [9.17, 15) is 4.79 Å². The van der Waals surface area contributed by atoms with Crippen LogP contribution in [0.2, 0.25) is 0 Å². The van der Waals surface area contributed by atoms with Crippen molar-refractivity contribution < 1.29 is 9.90 Å². The second-order valence-electron chi connectivity index (χ2n) is 5.14. The summed E-state index contributed by atoms with van der Waals surface area (Å²) in [5.41, 5.74) is 4.62. The predicted octanol–water partition coefficient (Wildman–Crippen LogP) is 3.19. The Bertz CT molecular complexity index is 824. The summed E-state index contributed by atoms with van der Waals surface area (Å²) in [6.45, 7) is 2.07. The number of benzene rings is 1. The second-order valence-corrected chi connectivity index (χ2v) is 5.14. The van der Waals surface area contributed by atoms with Crippen molar-refractivity contribution in [1.82, 2.24) is 9.13 Å².